The summed E-state index contributed by atoms with van der Waals surface area (Å²) in [6.07, 6.45) is 0. The quantitative estimate of drug-likeness (QED) is 0.619. The van der Waals surface area contributed by atoms with E-state index in [1.165, 1.54) is 0 Å². The number of hydrogen-bond donors (Lipinski definition) is 3. The number of aryl methyl sites for hydroxylation is 1. The highest BCUT2D eigenvalue weighted by atomic mass is 35.5. The highest BCUT2D eigenvalue weighted by Gasteiger charge is 2.15. The van der Waals surface area contributed by atoms with E-state index in [-0.39, 0.29) is 21.6 Å². The summed E-state index contributed by atoms with van der Waals surface area (Å²) < 4.78 is 0. The Bertz CT molecular complexity index is 865. The highest BCUT2D eigenvalue weighted by Crippen LogP contribution is 2.31. The smallest absolute Gasteiger partial charge is 0.276 e. The summed E-state index contributed by atoms with van der Waals surface area (Å²) in [7, 11) is 0. The first-order valence-corrected chi connectivity index (χ1v) is 7.22. The number of anilines is 2. The highest BCUT2D eigenvalue weighted by molar-refractivity contribution is 6.39. The van der Waals surface area contributed by atoms with Crippen LogP contribution in [0.3, 0.4) is 0 Å². The number of aromatic amines is 1. The van der Waals surface area contributed by atoms with E-state index in [1.807, 2.05) is 25.1 Å². The van der Waals surface area contributed by atoms with Crippen molar-refractivity contribution in [3.05, 3.63) is 51.6 Å². The van der Waals surface area contributed by atoms with Crippen LogP contribution in [0.4, 0.5) is 11.4 Å². The molecule has 0 aliphatic rings. The summed E-state index contributed by atoms with van der Waals surface area (Å²) in [6.45, 7) is 1.95. The Morgan fingerprint density at radius 3 is 2.59 bits per heavy atom. The van der Waals surface area contributed by atoms with Crippen LogP contribution in [0.15, 0.2) is 30.3 Å². The predicted octanol–water partition coefficient (Wildman–Crippen LogP) is 4.01. The average molecular weight is 335 g/mol. The Kier molecular flexibility index (Phi) is 3.68. The Labute approximate surface area is 136 Å². The minimum atomic E-state index is -0.353. The Hall–Kier alpha value is -2.24. The van der Waals surface area contributed by atoms with Gasteiger partial charge in [0.1, 0.15) is 0 Å². The first-order valence-electron chi connectivity index (χ1n) is 6.46. The van der Waals surface area contributed by atoms with Gasteiger partial charge in [0.2, 0.25) is 0 Å². The van der Waals surface area contributed by atoms with E-state index in [9.17, 15) is 4.79 Å². The number of nitrogens with two attached hydrogens (primary N) is 1. The van der Waals surface area contributed by atoms with Crippen LogP contribution in [0.1, 0.15) is 16.1 Å². The van der Waals surface area contributed by atoms with Crippen LogP contribution < -0.4 is 11.1 Å². The van der Waals surface area contributed by atoms with Gasteiger partial charge in [0, 0.05) is 11.1 Å². The van der Waals surface area contributed by atoms with Gasteiger partial charge in [0.05, 0.1) is 21.2 Å². The van der Waals surface area contributed by atoms with Gasteiger partial charge in [0.25, 0.3) is 5.91 Å². The fraction of sp³-hybridized carbons (Fsp3) is 0.0667. The first-order chi connectivity index (χ1) is 10.5. The molecule has 0 atom stereocenters. The van der Waals surface area contributed by atoms with Crippen LogP contribution in [0, 0.1) is 6.92 Å². The van der Waals surface area contributed by atoms with Crippen LogP contribution in [0.25, 0.3) is 10.9 Å². The maximum atomic E-state index is 12.4. The lowest BCUT2D eigenvalue weighted by molar-refractivity contribution is 0.102. The number of fused-ring (bicyclic) bond motifs is 1. The van der Waals surface area contributed by atoms with E-state index >= 15 is 0 Å². The summed E-state index contributed by atoms with van der Waals surface area (Å²) in [5.41, 5.74) is 8.56. The normalized spacial score (nSPS) is 10.9. The number of amides is 1. The molecule has 1 aromatic heterocycles. The maximum Gasteiger partial charge on any atom is 0.276 e. The maximum absolute atomic E-state index is 12.4. The second-order valence-corrected chi connectivity index (χ2v) is 5.74. The minimum absolute atomic E-state index is 0.280. The van der Waals surface area contributed by atoms with E-state index in [0.29, 0.717) is 11.4 Å². The number of nitrogens with one attached hydrogen (secondary N) is 2. The van der Waals surface area contributed by atoms with Gasteiger partial charge in [-0.15, -0.1) is 0 Å². The molecule has 1 amide bonds. The lowest BCUT2D eigenvalue weighted by atomic mass is 10.1. The number of aromatic nitrogens is 2. The first kappa shape index (κ1) is 14.7. The van der Waals surface area contributed by atoms with Crippen LogP contribution in [0.5, 0.6) is 0 Å². The number of halogens is 2. The molecule has 0 saturated carbocycles. The van der Waals surface area contributed by atoms with Crippen molar-refractivity contribution < 1.29 is 4.79 Å². The molecule has 0 aliphatic carbocycles. The number of carbonyl (C=O) groups is 1. The number of hydrogen-bond acceptors (Lipinski definition) is 3. The summed E-state index contributed by atoms with van der Waals surface area (Å²) in [5, 5.41) is 10.9. The van der Waals surface area contributed by atoms with Gasteiger partial charge >= 0.3 is 0 Å². The number of benzene rings is 2. The number of nitrogens with zero attached hydrogens (tertiary/aromatic N) is 1. The molecular weight excluding hydrogens is 323 g/mol. The van der Waals surface area contributed by atoms with Crippen LogP contribution in [-0.2, 0) is 0 Å². The van der Waals surface area contributed by atoms with E-state index in [1.54, 1.807) is 12.1 Å². The van der Waals surface area contributed by atoms with Gasteiger partial charge in [-0.05, 0) is 31.2 Å². The molecule has 2 aromatic carbocycles. The van der Waals surface area contributed by atoms with Crippen molar-refractivity contribution in [2.75, 3.05) is 11.1 Å². The topological polar surface area (TPSA) is 83.8 Å². The van der Waals surface area contributed by atoms with E-state index in [0.717, 1.165) is 16.5 Å². The van der Waals surface area contributed by atoms with Gasteiger partial charge in [0.15, 0.2) is 5.69 Å². The number of carbonyl (C=O) groups excluding carboxylic acids is 1. The van der Waals surface area contributed by atoms with Crippen molar-refractivity contribution in [3.63, 3.8) is 0 Å². The van der Waals surface area contributed by atoms with Crippen molar-refractivity contribution in [2.45, 2.75) is 6.92 Å². The monoisotopic (exact) mass is 334 g/mol. The second-order valence-electron chi connectivity index (χ2n) is 4.93. The van der Waals surface area contributed by atoms with Gasteiger partial charge in [-0.25, -0.2) is 0 Å². The fourth-order valence-corrected chi connectivity index (χ4v) is 2.63. The summed E-state index contributed by atoms with van der Waals surface area (Å²) in [4.78, 5) is 12.4. The molecule has 3 rings (SSSR count). The van der Waals surface area contributed by atoms with Gasteiger partial charge in [-0.3, -0.25) is 9.89 Å². The molecular formula is C15H12Cl2N4O. The largest absolute Gasteiger partial charge is 0.396 e. The van der Waals surface area contributed by atoms with E-state index in [2.05, 4.69) is 15.5 Å². The van der Waals surface area contributed by atoms with Gasteiger partial charge < -0.3 is 11.1 Å². The third-order valence-corrected chi connectivity index (χ3v) is 3.90. The van der Waals surface area contributed by atoms with Crippen molar-refractivity contribution in [3.8, 4) is 0 Å². The van der Waals surface area contributed by atoms with Crippen molar-refractivity contribution in [1.29, 1.82) is 0 Å². The van der Waals surface area contributed by atoms with Crippen LogP contribution in [-0.4, -0.2) is 16.1 Å². The van der Waals surface area contributed by atoms with Crippen molar-refractivity contribution in [2.24, 2.45) is 0 Å². The van der Waals surface area contributed by atoms with Crippen molar-refractivity contribution >= 4 is 51.4 Å². The zero-order chi connectivity index (χ0) is 15.9. The number of rotatable bonds is 2. The molecule has 7 heteroatoms. The van der Waals surface area contributed by atoms with E-state index < -0.39 is 0 Å². The van der Waals surface area contributed by atoms with Gasteiger partial charge in [-0.1, -0.05) is 34.8 Å². The lowest BCUT2D eigenvalue weighted by Gasteiger charge is -2.07. The minimum Gasteiger partial charge on any atom is -0.396 e. The SMILES string of the molecule is Cc1ccc2[nH]nc(C(=O)Nc3cc(Cl)c(N)c(Cl)c3)c2c1. The summed E-state index contributed by atoms with van der Waals surface area (Å²) >= 11 is 11.9. The fourth-order valence-electron chi connectivity index (χ4n) is 2.15. The number of nitrogen functional groups attached to an aromatic ring is 1. The summed E-state index contributed by atoms with van der Waals surface area (Å²) in [5.74, 6) is -0.353. The molecule has 0 radical (unpaired) electrons. The molecule has 112 valence electrons. The number of H-pyrrole nitrogens is 1. The lowest BCUT2D eigenvalue weighted by Crippen LogP contribution is -2.13. The van der Waals surface area contributed by atoms with Crippen molar-refractivity contribution in [1.82, 2.24) is 10.2 Å². The molecule has 1 heterocycles. The standard InChI is InChI=1S/C15H12Cl2N4O/c1-7-2-3-12-9(4-7)14(21-20-12)15(22)19-8-5-10(16)13(18)11(17)6-8/h2-6H,18H2,1H3,(H,19,22)(H,20,21). The average Bonchev–Trinajstić information content (AvgIpc) is 2.87. The second kappa shape index (κ2) is 5.51. The molecule has 0 spiro atoms. The molecule has 5 nitrogen and oxygen atoms in total. The molecule has 0 aliphatic heterocycles. The third-order valence-electron chi connectivity index (χ3n) is 3.27. The van der Waals surface area contributed by atoms with Gasteiger partial charge in [-0.2, -0.15) is 5.10 Å². The van der Waals surface area contributed by atoms with Crippen LogP contribution in [0.2, 0.25) is 10.0 Å². The zero-order valence-corrected chi connectivity index (χ0v) is 13.1. The predicted molar refractivity (Wildman–Crippen MR) is 89.7 cm³/mol. The van der Waals surface area contributed by atoms with Crippen LogP contribution >= 0.6 is 23.2 Å². The molecule has 0 unspecified atom stereocenters. The molecule has 0 saturated heterocycles. The Morgan fingerprint density at radius 2 is 1.91 bits per heavy atom. The molecule has 0 fully saturated rings. The molecule has 22 heavy (non-hydrogen) atoms. The Balaban J connectivity index is 1.95. The molecule has 4 N–H and O–H groups in total. The zero-order valence-electron chi connectivity index (χ0n) is 11.6. The van der Waals surface area contributed by atoms with E-state index in [4.69, 9.17) is 28.9 Å². The Morgan fingerprint density at radius 1 is 1.23 bits per heavy atom. The molecule has 0 bridgehead atoms. The summed E-state index contributed by atoms with van der Waals surface area (Å²) in [6, 6.07) is 8.81. The molecule has 3 aromatic rings. The third kappa shape index (κ3) is 2.61.